The molecule has 2 heterocycles. The number of nitrogens with zero attached hydrogens (tertiary/aromatic N) is 5. The Hall–Kier alpha value is -3.30. The molecule has 4 rings (SSSR count). The van der Waals surface area contributed by atoms with Gasteiger partial charge in [0.2, 0.25) is 0 Å². The van der Waals surface area contributed by atoms with Crippen LogP contribution in [-0.4, -0.2) is 37.6 Å². The van der Waals surface area contributed by atoms with Gasteiger partial charge in [0.25, 0.3) is 5.91 Å². The summed E-state index contributed by atoms with van der Waals surface area (Å²) in [5, 5.41) is 13.4. The second kappa shape index (κ2) is 10.3. The van der Waals surface area contributed by atoms with E-state index in [9.17, 15) is 4.79 Å². The van der Waals surface area contributed by atoms with E-state index in [0.717, 1.165) is 26.9 Å². The van der Waals surface area contributed by atoms with E-state index in [2.05, 4.69) is 41.6 Å². The smallest absolute Gasteiger partial charge is 0.250 e. The third-order valence-electron chi connectivity index (χ3n) is 4.49. The minimum Gasteiger partial charge on any atom is -0.272 e. The van der Waals surface area contributed by atoms with Gasteiger partial charge < -0.3 is 0 Å². The molecule has 0 spiro atoms. The topological polar surface area (TPSA) is 85.1 Å². The number of hydrogen-bond donors (Lipinski definition) is 1. The molecule has 0 radical (unpaired) electrons. The standard InChI is InChI=1S/C23H19BrN6OS/c1-16-6-8-19(9-7-16)30-22(17-10-12-25-13-11-17)28-29-23(30)32-15-21(31)27-26-14-18-4-2-3-5-20(18)24/h2-14H,15H2,1H3,(H,27,31)/b26-14-. The number of hydrazone groups is 1. The van der Waals surface area contributed by atoms with Gasteiger partial charge in [-0.25, -0.2) is 5.43 Å². The average molecular weight is 507 g/mol. The summed E-state index contributed by atoms with van der Waals surface area (Å²) in [4.78, 5) is 16.4. The molecule has 2 aromatic carbocycles. The highest BCUT2D eigenvalue weighted by molar-refractivity contribution is 9.10. The summed E-state index contributed by atoms with van der Waals surface area (Å²) in [5.74, 6) is 0.599. The summed E-state index contributed by atoms with van der Waals surface area (Å²) in [6.45, 7) is 2.04. The molecular weight excluding hydrogens is 488 g/mol. The predicted molar refractivity (Wildman–Crippen MR) is 130 cm³/mol. The van der Waals surface area contributed by atoms with Gasteiger partial charge in [0.15, 0.2) is 11.0 Å². The second-order valence-corrected chi connectivity index (χ2v) is 8.61. The Bertz CT molecular complexity index is 1240. The first-order chi connectivity index (χ1) is 15.6. The number of aromatic nitrogens is 4. The van der Waals surface area contributed by atoms with Crippen molar-refractivity contribution in [3.8, 4) is 17.1 Å². The number of nitrogens with one attached hydrogen (secondary N) is 1. The van der Waals surface area contributed by atoms with Crippen molar-refractivity contribution in [2.24, 2.45) is 5.10 Å². The molecule has 0 aliphatic carbocycles. The zero-order chi connectivity index (χ0) is 22.3. The summed E-state index contributed by atoms with van der Waals surface area (Å²) in [7, 11) is 0. The molecule has 1 amide bonds. The number of thioether (sulfide) groups is 1. The maximum Gasteiger partial charge on any atom is 0.250 e. The molecule has 0 saturated carbocycles. The van der Waals surface area contributed by atoms with E-state index in [-0.39, 0.29) is 11.7 Å². The fraction of sp³-hybridized carbons (Fsp3) is 0.0870. The third-order valence-corrected chi connectivity index (χ3v) is 6.15. The third kappa shape index (κ3) is 5.30. The first-order valence-electron chi connectivity index (χ1n) is 9.74. The first kappa shape index (κ1) is 21.9. The van der Waals surface area contributed by atoms with Gasteiger partial charge in [-0.2, -0.15) is 5.10 Å². The van der Waals surface area contributed by atoms with Gasteiger partial charge in [-0.15, -0.1) is 10.2 Å². The molecule has 160 valence electrons. The zero-order valence-corrected chi connectivity index (χ0v) is 19.5. The summed E-state index contributed by atoms with van der Waals surface area (Å²) < 4.78 is 2.85. The number of amides is 1. The van der Waals surface area contributed by atoms with E-state index in [1.54, 1.807) is 18.6 Å². The lowest BCUT2D eigenvalue weighted by molar-refractivity contribution is -0.118. The maximum absolute atomic E-state index is 12.3. The van der Waals surface area contributed by atoms with Crippen LogP contribution in [0.25, 0.3) is 17.1 Å². The molecule has 9 heteroatoms. The molecule has 4 aromatic rings. The maximum atomic E-state index is 12.3. The number of benzene rings is 2. The molecule has 7 nitrogen and oxygen atoms in total. The van der Waals surface area contributed by atoms with Crippen LogP contribution >= 0.6 is 27.7 Å². The van der Waals surface area contributed by atoms with Crippen molar-refractivity contribution >= 4 is 39.8 Å². The number of carbonyl (C=O) groups is 1. The highest BCUT2D eigenvalue weighted by Gasteiger charge is 2.17. The van der Waals surface area contributed by atoms with Crippen molar-refractivity contribution in [2.45, 2.75) is 12.1 Å². The van der Waals surface area contributed by atoms with E-state index < -0.39 is 0 Å². The van der Waals surface area contributed by atoms with Crippen molar-refractivity contribution in [1.82, 2.24) is 25.2 Å². The Morgan fingerprint density at radius 3 is 2.59 bits per heavy atom. The summed E-state index contributed by atoms with van der Waals surface area (Å²) in [5.41, 5.74) is 6.40. The first-order valence-corrected chi connectivity index (χ1v) is 11.5. The van der Waals surface area contributed by atoms with Gasteiger partial charge in [0.05, 0.1) is 12.0 Å². The number of hydrogen-bond acceptors (Lipinski definition) is 6. The minimum absolute atomic E-state index is 0.146. The SMILES string of the molecule is Cc1ccc(-n2c(SCC(=O)N/N=C\c3ccccc3Br)nnc2-c2ccncc2)cc1. The normalized spacial score (nSPS) is 11.1. The molecule has 0 saturated heterocycles. The van der Waals surface area contributed by atoms with Gasteiger partial charge >= 0.3 is 0 Å². The molecular formula is C23H19BrN6OS. The Balaban J connectivity index is 1.51. The van der Waals surface area contributed by atoms with E-state index in [0.29, 0.717) is 11.0 Å². The Morgan fingerprint density at radius 2 is 1.84 bits per heavy atom. The highest BCUT2D eigenvalue weighted by atomic mass is 79.9. The molecule has 0 unspecified atom stereocenters. The lowest BCUT2D eigenvalue weighted by Gasteiger charge is -2.10. The van der Waals surface area contributed by atoms with Crippen LogP contribution in [0.15, 0.2) is 87.8 Å². The number of halogens is 1. The van der Waals surface area contributed by atoms with Crippen molar-refractivity contribution < 1.29 is 4.79 Å². The predicted octanol–water partition coefficient (Wildman–Crippen LogP) is 4.64. The number of pyridine rings is 1. The van der Waals surface area contributed by atoms with Crippen LogP contribution in [0.1, 0.15) is 11.1 Å². The van der Waals surface area contributed by atoms with E-state index in [1.807, 2.05) is 72.2 Å². The van der Waals surface area contributed by atoms with Crippen molar-refractivity contribution in [1.29, 1.82) is 0 Å². The van der Waals surface area contributed by atoms with Crippen LogP contribution in [0.3, 0.4) is 0 Å². The van der Waals surface area contributed by atoms with Crippen LogP contribution in [0.4, 0.5) is 0 Å². The molecule has 0 aliphatic heterocycles. The van der Waals surface area contributed by atoms with Gasteiger partial charge in [0, 0.05) is 33.7 Å². The van der Waals surface area contributed by atoms with E-state index in [1.165, 1.54) is 11.8 Å². The Labute approximate surface area is 198 Å². The molecule has 0 fully saturated rings. The number of rotatable bonds is 7. The molecule has 2 aromatic heterocycles. The van der Waals surface area contributed by atoms with Crippen LogP contribution < -0.4 is 5.43 Å². The Kier molecular flexibility index (Phi) is 7.08. The van der Waals surface area contributed by atoms with Crippen molar-refractivity contribution in [3.05, 3.63) is 88.7 Å². The van der Waals surface area contributed by atoms with Crippen LogP contribution in [0.5, 0.6) is 0 Å². The Morgan fingerprint density at radius 1 is 1.09 bits per heavy atom. The molecule has 32 heavy (non-hydrogen) atoms. The molecule has 0 bridgehead atoms. The lowest BCUT2D eigenvalue weighted by atomic mass is 10.2. The van der Waals surface area contributed by atoms with Crippen LogP contribution in [0, 0.1) is 6.92 Å². The van der Waals surface area contributed by atoms with Crippen LogP contribution in [-0.2, 0) is 4.79 Å². The van der Waals surface area contributed by atoms with Gasteiger partial charge in [0.1, 0.15) is 0 Å². The zero-order valence-electron chi connectivity index (χ0n) is 17.1. The van der Waals surface area contributed by atoms with Crippen LogP contribution in [0.2, 0.25) is 0 Å². The monoisotopic (exact) mass is 506 g/mol. The van der Waals surface area contributed by atoms with Gasteiger partial charge in [-0.05, 0) is 37.3 Å². The van der Waals surface area contributed by atoms with E-state index in [4.69, 9.17) is 0 Å². The summed E-state index contributed by atoms with van der Waals surface area (Å²) >= 11 is 4.75. The molecule has 1 N–H and O–H groups in total. The van der Waals surface area contributed by atoms with Crippen molar-refractivity contribution in [2.75, 3.05) is 5.75 Å². The van der Waals surface area contributed by atoms with Gasteiger partial charge in [-0.1, -0.05) is 63.6 Å². The number of aryl methyl sites for hydroxylation is 1. The molecule has 0 atom stereocenters. The fourth-order valence-corrected chi connectivity index (χ4v) is 4.03. The summed E-state index contributed by atoms with van der Waals surface area (Å²) in [6, 6.07) is 19.5. The van der Waals surface area contributed by atoms with Crippen molar-refractivity contribution in [3.63, 3.8) is 0 Å². The molecule has 0 aliphatic rings. The highest BCUT2D eigenvalue weighted by Crippen LogP contribution is 2.27. The fourth-order valence-electron chi connectivity index (χ4n) is 2.89. The van der Waals surface area contributed by atoms with Gasteiger partial charge in [-0.3, -0.25) is 14.3 Å². The van der Waals surface area contributed by atoms with E-state index >= 15 is 0 Å². The quantitative estimate of drug-likeness (QED) is 0.224. The lowest BCUT2D eigenvalue weighted by Crippen LogP contribution is -2.20. The largest absolute Gasteiger partial charge is 0.272 e. The average Bonchev–Trinajstić information content (AvgIpc) is 3.24. The number of carbonyl (C=O) groups excluding carboxylic acids is 1. The minimum atomic E-state index is -0.234. The second-order valence-electron chi connectivity index (χ2n) is 6.82. The summed E-state index contributed by atoms with van der Waals surface area (Å²) in [6.07, 6.45) is 5.03.